The average Bonchev–Trinajstić information content (AvgIpc) is 2.53. The van der Waals surface area contributed by atoms with Crippen molar-refractivity contribution in [2.45, 2.75) is 37.6 Å². The minimum atomic E-state index is -1.48. The highest BCUT2D eigenvalue weighted by Crippen LogP contribution is 1.99. The van der Waals surface area contributed by atoms with E-state index in [0.717, 1.165) is 0 Å². The first-order valence-corrected chi connectivity index (χ1v) is 8.05. The van der Waals surface area contributed by atoms with Crippen molar-refractivity contribution in [1.29, 1.82) is 0 Å². The van der Waals surface area contributed by atoms with Gasteiger partial charge >= 0.3 is 5.97 Å². The largest absolute Gasteiger partial charge is 0.480 e. The smallest absolute Gasteiger partial charge is 0.322 e. The number of carbonyl (C=O) groups excluding carboxylic acids is 4. The van der Waals surface area contributed by atoms with Crippen molar-refractivity contribution in [3.8, 4) is 0 Å². The van der Waals surface area contributed by atoms with Crippen molar-refractivity contribution in [1.82, 2.24) is 16.0 Å². The van der Waals surface area contributed by atoms with Crippen molar-refractivity contribution >= 4 is 42.2 Å². The van der Waals surface area contributed by atoms with Gasteiger partial charge in [-0.05, 0) is 6.92 Å². The SMILES string of the molecule is CC(O)C(NC(=O)C(N)CC(N)=O)C(=O)NC(CS)C(=O)NCC(=O)O. The van der Waals surface area contributed by atoms with Gasteiger partial charge in [0.2, 0.25) is 23.6 Å². The minimum Gasteiger partial charge on any atom is -0.480 e. The summed E-state index contributed by atoms with van der Waals surface area (Å²) in [7, 11) is 0. The van der Waals surface area contributed by atoms with Crippen LogP contribution in [0.25, 0.3) is 0 Å². The van der Waals surface area contributed by atoms with Gasteiger partial charge in [-0.1, -0.05) is 0 Å². The fourth-order valence-electron chi connectivity index (χ4n) is 1.72. The lowest BCUT2D eigenvalue weighted by Crippen LogP contribution is -2.59. The zero-order valence-electron chi connectivity index (χ0n) is 14.0. The van der Waals surface area contributed by atoms with Crippen LogP contribution in [0.1, 0.15) is 13.3 Å². The Balaban J connectivity index is 4.94. The van der Waals surface area contributed by atoms with Crippen molar-refractivity contribution in [2.24, 2.45) is 11.5 Å². The molecule has 0 rings (SSSR count). The van der Waals surface area contributed by atoms with E-state index in [2.05, 4.69) is 28.6 Å². The number of aliphatic hydroxyl groups is 1. The molecule has 0 saturated heterocycles. The molecule has 4 amide bonds. The zero-order valence-corrected chi connectivity index (χ0v) is 14.9. The molecule has 148 valence electrons. The number of carboxylic acids is 1. The summed E-state index contributed by atoms with van der Waals surface area (Å²) in [5, 5.41) is 24.7. The Bertz CT molecular complexity index is 557. The van der Waals surface area contributed by atoms with E-state index < -0.39 is 66.8 Å². The third-order valence-electron chi connectivity index (χ3n) is 3.05. The number of thiol groups is 1. The Morgan fingerprint density at radius 2 is 1.65 bits per heavy atom. The minimum absolute atomic E-state index is 0.168. The standard InChI is InChI=1S/C13H23N5O7S/c1-5(19)10(18-11(23)6(14)2-8(15)20)13(25)17-7(4-26)12(24)16-3-9(21)22/h5-7,10,19,26H,2-4,14H2,1H3,(H2,15,20)(H,16,24)(H,17,25)(H,18,23)(H,21,22). The van der Waals surface area contributed by atoms with Gasteiger partial charge in [0.15, 0.2) is 0 Å². The van der Waals surface area contributed by atoms with E-state index in [1.54, 1.807) is 0 Å². The van der Waals surface area contributed by atoms with Gasteiger partial charge in [-0.2, -0.15) is 12.6 Å². The van der Waals surface area contributed by atoms with Crippen LogP contribution in [-0.2, 0) is 24.0 Å². The number of nitrogens with two attached hydrogens (primary N) is 2. The first-order chi connectivity index (χ1) is 12.0. The molecule has 0 fully saturated rings. The maximum Gasteiger partial charge on any atom is 0.322 e. The number of hydrogen-bond acceptors (Lipinski definition) is 8. The van der Waals surface area contributed by atoms with Gasteiger partial charge < -0.3 is 37.6 Å². The third kappa shape index (κ3) is 8.64. The van der Waals surface area contributed by atoms with E-state index in [0.29, 0.717) is 0 Å². The number of rotatable bonds is 11. The molecule has 0 spiro atoms. The summed E-state index contributed by atoms with van der Waals surface area (Å²) in [6, 6.07) is -4.00. The lowest BCUT2D eigenvalue weighted by Gasteiger charge is -2.24. The molecule has 0 aliphatic carbocycles. The van der Waals surface area contributed by atoms with Gasteiger partial charge in [0.25, 0.3) is 0 Å². The lowest BCUT2D eigenvalue weighted by atomic mass is 10.1. The molecule has 4 atom stereocenters. The van der Waals surface area contributed by atoms with Gasteiger partial charge in [-0.15, -0.1) is 0 Å². The monoisotopic (exact) mass is 393 g/mol. The number of carbonyl (C=O) groups is 5. The molecule has 0 aromatic carbocycles. The Hall–Kier alpha value is -2.38. The van der Waals surface area contributed by atoms with E-state index in [1.165, 1.54) is 6.92 Å². The van der Waals surface area contributed by atoms with Crippen LogP contribution in [0.4, 0.5) is 0 Å². The number of aliphatic hydroxyl groups excluding tert-OH is 1. The summed E-state index contributed by atoms with van der Waals surface area (Å²) in [5.41, 5.74) is 10.4. The molecular weight excluding hydrogens is 370 g/mol. The number of hydrogen-bond donors (Lipinski definition) is 8. The van der Waals surface area contributed by atoms with Crippen LogP contribution in [0.2, 0.25) is 0 Å². The average molecular weight is 393 g/mol. The topological polar surface area (TPSA) is 214 Å². The van der Waals surface area contributed by atoms with E-state index in [9.17, 15) is 29.1 Å². The molecule has 4 unspecified atom stereocenters. The first-order valence-electron chi connectivity index (χ1n) is 7.42. The fourth-order valence-corrected chi connectivity index (χ4v) is 1.97. The second-order valence-corrected chi connectivity index (χ2v) is 5.72. The Morgan fingerprint density at radius 3 is 2.08 bits per heavy atom. The molecular formula is C13H23N5O7S. The van der Waals surface area contributed by atoms with Crippen LogP contribution in [0.3, 0.4) is 0 Å². The first kappa shape index (κ1) is 23.6. The third-order valence-corrected chi connectivity index (χ3v) is 3.42. The van der Waals surface area contributed by atoms with Crippen LogP contribution in [0.15, 0.2) is 0 Å². The highest BCUT2D eigenvalue weighted by atomic mass is 32.1. The number of aliphatic carboxylic acids is 1. The summed E-state index contributed by atoms with van der Waals surface area (Å²) in [6.07, 6.45) is -1.82. The normalized spacial score (nSPS) is 15.1. The molecule has 0 aliphatic rings. The maximum atomic E-state index is 12.2. The van der Waals surface area contributed by atoms with Crippen molar-refractivity contribution < 1.29 is 34.2 Å². The van der Waals surface area contributed by atoms with E-state index in [-0.39, 0.29) is 5.75 Å². The second kappa shape index (κ2) is 11.3. The molecule has 26 heavy (non-hydrogen) atoms. The summed E-state index contributed by atoms with van der Waals surface area (Å²) < 4.78 is 0. The molecule has 0 aliphatic heterocycles. The Labute approximate surface area is 154 Å². The Kier molecular flexibility index (Phi) is 10.2. The summed E-state index contributed by atoms with van der Waals surface area (Å²) in [4.78, 5) is 57.1. The van der Waals surface area contributed by atoms with E-state index in [1.807, 2.05) is 0 Å². The predicted octanol–water partition coefficient (Wildman–Crippen LogP) is -4.33. The van der Waals surface area contributed by atoms with Gasteiger partial charge in [0, 0.05) is 5.75 Å². The number of carboxylic acid groups (broad SMARTS) is 1. The van der Waals surface area contributed by atoms with E-state index in [4.69, 9.17) is 16.6 Å². The highest BCUT2D eigenvalue weighted by Gasteiger charge is 2.31. The fraction of sp³-hybridized carbons (Fsp3) is 0.615. The molecule has 13 heteroatoms. The molecule has 0 saturated carbocycles. The second-order valence-electron chi connectivity index (χ2n) is 5.36. The van der Waals surface area contributed by atoms with Crippen LogP contribution >= 0.6 is 12.6 Å². The number of amides is 4. The molecule has 9 N–H and O–H groups in total. The van der Waals surface area contributed by atoms with Crippen molar-refractivity contribution in [2.75, 3.05) is 12.3 Å². The molecule has 12 nitrogen and oxygen atoms in total. The van der Waals surface area contributed by atoms with Crippen molar-refractivity contribution in [3.63, 3.8) is 0 Å². The van der Waals surface area contributed by atoms with E-state index >= 15 is 0 Å². The van der Waals surface area contributed by atoms with Gasteiger partial charge in [0.05, 0.1) is 18.6 Å². The highest BCUT2D eigenvalue weighted by molar-refractivity contribution is 7.80. The van der Waals surface area contributed by atoms with Crippen molar-refractivity contribution in [3.05, 3.63) is 0 Å². The van der Waals surface area contributed by atoms with Gasteiger partial charge in [0.1, 0.15) is 18.6 Å². The zero-order chi connectivity index (χ0) is 20.4. The molecule has 0 aromatic rings. The lowest BCUT2D eigenvalue weighted by molar-refractivity contribution is -0.138. The predicted molar refractivity (Wildman–Crippen MR) is 91.8 cm³/mol. The molecule has 0 bridgehead atoms. The molecule has 0 aromatic heterocycles. The van der Waals surface area contributed by atoms with Crippen LogP contribution in [-0.4, -0.2) is 76.3 Å². The molecule has 0 heterocycles. The molecule has 0 radical (unpaired) electrons. The summed E-state index contributed by atoms with van der Waals surface area (Å²) >= 11 is 3.89. The van der Waals surface area contributed by atoms with Crippen LogP contribution in [0, 0.1) is 0 Å². The quantitative estimate of drug-likeness (QED) is 0.160. The van der Waals surface area contributed by atoms with Gasteiger partial charge in [-0.25, -0.2) is 0 Å². The van der Waals surface area contributed by atoms with Crippen LogP contribution in [0.5, 0.6) is 0 Å². The number of nitrogens with one attached hydrogen (secondary N) is 3. The number of primary amides is 1. The summed E-state index contributed by atoms with van der Waals surface area (Å²) in [6.45, 7) is 0.557. The van der Waals surface area contributed by atoms with Crippen LogP contribution < -0.4 is 27.4 Å². The summed E-state index contributed by atoms with van der Waals surface area (Å²) in [5.74, 6) is -4.90. The maximum absolute atomic E-state index is 12.2. The Morgan fingerprint density at radius 1 is 1.08 bits per heavy atom. The van der Waals surface area contributed by atoms with Gasteiger partial charge in [-0.3, -0.25) is 24.0 Å².